The van der Waals surface area contributed by atoms with Crippen LogP contribution in [0.3, 0.4) is 0 Å². The molecule has 86 valence electrons. The molecule has 0 saturated carbocycles. The molecule has 0 bridgehead atoms. The third kappa shape index (κ3) is 3.23. The van der Waals surface area contributed by atoms with Gasteiger partial charge in [0.05, 0.1) is 0 Å². The number of hydrogen-bond donors (Lipinski definition) is 0. The molecule has 0 saturated heterocycles. The molecule has 0 aliphatic rings. The van der Waals surface area contributed by atoms with Crippen molar-refractivity contribution in [3.63, 3.8) is 0 Å². The molecule has 0 aromatic heterocycles. The number of hydrogen-bond acceptors (Lipinski definition) is 2. The van der Waals surface area contributed by atoms with Gasteiger partial charge in [0.15, 0.2) is 0 Å². The third-order valence-electron chi connectivity index (χ3n) is 2.60. The van der Waals surface area contributed by atoms with Crippen molar-refractivity contribution in [3.05, 3.63) is 42.0 Å². The van der Waals surface area contributed by atoms with Gasteiger partial charge < -0.3 is 4.74 Å². The van der Waals surface area contributed by atoms with Crippen molar-refractivity contribution in [2.75, 3.05) is 0 Å². The zero-order valence-corrected chi connectivity index (χ0v) is 10.1. The summed E-state index contributed by atoms with van der Waals surface area (Å²) in [5, 5.41) is 0. The van der Waals surface area contributed by atoms with Crippen LogP contribution in [0, 0.1) is 0 Å². The predicted octanol–water partition coefficient (Wildman–Crippen LogP) is 3.68. The molecule has 0 amide bonds. The van der Waals surface area contributed by atoms with Crippen molar-refractivity contribution in [1.82, 2.24) is 0 Å². The highest BCUT2D eigenvalue weighted by molar-refractivity contribution is 5.88. The molecule has 1 aromatic rings. The zero-order chi connectivity index (χ0) is 12.1. The molecule has 0 heterocycles. The molecule has 0 fully saturated rings. The molecule has 16 heavy (non-hydrogen) atoms. The average molecular weight is 218 g/mol. The Morgan fingerprint density at radius 3 is 2.75 bits per heavy atom. The summed E-state index contributed by atoms with van der Waals surface area (Å²) in [6, 6.07) is 7.65. The van der Waals surface area contributed by atoms with Crippen LogP contribution in [-0.4, -0.2) is 5.97 Å². The lowest BCUT2D eigenvalue weighted by Gasteiger charge is -2.10. The van der Waals surface area contributed by atoms with E-state index >= 15 is 0 Å². The lowest BCUT2D eigenvalue weighted by Crippen LogP contribution is -2.08. The van der Waals surface area contributed by atoms with Gasteiger partial charge in [0, 0.05) is 5.57 Å². The molecule has 2 nitrogen and oxygen atoms in total. The van der Waals surface area contributed by atoms with Gasteiger partial charge >= 0.3 is 5.97 Å². The number of benzene rings is 1. The van der Waals surface area contributed by atoms with Gasteiger partial charge in [0.2, 0.25) is 0 Å². The fourth-order valence-corrected chi connectivity index (χ4v) is 1.31. The maximum atomic E-state index is 11.3. The molecule has 2 heteroatoms. The molecule has 0 aliphatic carbocycles. The van der Waals surface area contributed by atoms with E-state index in [-0.39, 0.29) is 5.97 Å². The van der Waals surface area contributed by atoms with Gasteiger partial charge in [-0.1, -0.05) is 32.6 Å². The van der Waals surface area contributed by atoms with Crippen LogP contribution in [0.15, 0.2) is 36.4 Å². The van der Waals surface area contributed by atoms with E-state index < -0.39 is 0 Å². The van der Waals surface area contributed by atoms with Crippen LogP contribution in [0.25, 0.3) is 0 Å². The van der Waals surface area contributed by atoms with Crippen LogP contribution in [0.2, 0.25) is 0 Å². The normalized spacial score (nSPS) is 11.9. The number of ether oxygens (including phenoxy) is 1. The van der Waals surface area contributed by atoms with Gasteiger partial charge in [0.1, 0.15) is 5.75 Å². The van der Waals surface area contributed by atoms with E-state index in [9.17, 15) is 4.79 Å². The summed E-state index contributed by atoms with van der Waals surface area (Å²) < 4.78 is 5.17. The van der Waals surface area contributed by atoms with Crippen molar-refractivity contribution in [2.24, 2.45) is 0 Å². The monoisotopic (exact) mass is 218 g/mol. The highest BCUT2D eigenvalue weighted by Crippen LogP contribution is 2.23. The smallest absolute Gasteiger partial charge is 0.338 e. The van der Waals surface area contributed by atoms with Crippen molar-refractivity contribution in [2.45, 2.75) is 33.1 Å². The maximum Gasteiger partial charge on any atom is 0.338 e. The lowest BCUT2D eigenvalue weighted by atomic mass is 9.99. The Bertz CT molecular complexity index is 393. The molecule has 1 unspecified atom stereocenters. The summed E-state index contributed by atoms with van der Waals surface area (Å²) >= 11 is 0. The van der Waals surface area contributed by atoms with Gasteiger partial charge in [-0.05, 0) is 37.0 Å². The largest absolute Gasteiger partial charge is 0.423 e. The molecule has 0 aliphatic heterocycles. The summed E-state index contributed by atoms with van der Waals surface area (Å²) in [7, 11) is 0. The maximum absolute atomic E-state index is 11.3. The van der Waals surface area contributed by atoms with E-state index in [4.69, 9.17) is 4.74 Å². The van der Waals surface area contributed by atoms with Gasteiger partial charge in [-0.25, -0.2) is 4.79 Å². The highest BCUT2D eigenvalue weighted by atomic mass is 16.5. The average Bonchev–Trinajstić information content (AvgIpc) is 2.28. The Kier molecular flexibility index (Phi) is 4.29. The Hall–Kier alpha value is -1.57. The summed E-state index contributed by atoms with van der Waals surface area (Å²) in [6.07, 6.45) is 1.07. The topological polar surface area (TPSA) is 26.3 Å². The fourth-order valence-electron chi connectivity index (χ4n) is 1.31. The Morgan fingerprint density at radius 1 is 1.50 bits per heavy atom. The van der Waals surface area contributed by atoms with Crippen LogP contribution in [0.1, 0.15) is 38.7 Å². The first kappa shape index (κ1) is 12.5. The zero-order valence-electron chi connectivity index (χ0n) is 10.1. The molecule has 1 rings (SSSR count). The quantitative estimate of drug-likeness (QED) is 0.438. The van der Waals surface area contributed by atoms with Crippen LogP contribution >= 0.6 is 0 Å². The van der Waals surface area contributed by atoms with Crippen LogP contribution < -0.4 is 4.74 Å². The second-order valence-electron chi connectivity index (χ2n) is 4.05. The van der Waals surface area contributed by atoms with E-state index in [1.807, 2.05) is 18.2 Å². The van der Waals surface area contributed by atoms with Crippen molar-refractivity contribution in [1.29, 1.82) is 0 Å². The number of rotatable bonds is 4. The minimum absolute atomic E-state index is 0.374. The van der Waals surface area contributed by atoms with E-state index in [1.165, 1.54) is 5.56 Å². The summed E-state index contributed by atoms with van der Waals surface area (Å²) in [4.78, 5) is 11.3. The van der Waals surface area contributed by atoms with E-state index in [1.54, 1.807) is 13.0 Å². The summed E-state index contributed by atoms with van der Waals surface area (Å²) in [5.41, 5.74) is 1.60. The Balaban J connectivity index is 2.82. The predicted molar refractivity (Wildman–Crippen MR) is 65.6 cm³/mol. The third-order valence-corrected chi connectivity index (χ3v) is 2.60. The van der Waals surface area contributed by atoms with Gasteiger partial charge in [-0.15, -0.1) is 0 Å². The summed E-state index contributed by atoms with van der Waals surface area (Å²) in [5.74, 6) is 0.690. The molecule has 1 aromatic carbocycles. The van der Waals surface area contributed by atoms with Crippen molar-refractivity contribution >= 4 is 5.97 Å². The molecule has 1 atom stereocenters. The standard InChI is InChI=1S/C14H18O2/c1-5-11(4)12-7-6-8-13(9-12)16-14(15)10(2)3/h6-9,11H,2,5H2,1,3-4H3. The molecule has 0 N–H and O–H groups in total. The van der Waals surface area contributed by atoms with Gasteiger partial charge in [-0.2, -0.15) is 0 Å². The van der Waals surface area contributed by atoms with Gasteiger partial charge in [-0.3, -0.25) is 0 Å². The van der Waals surface area contributed by atoms with Gasteiger partial charge in [0.25, 0.3) is 0 Å². The number of esters is 1. The fraction of sp³-hybridized carbons (Fsp3) is 0.357. The Labute approximate surface area is 96.9 Å². The lowest BCUT2D eigenvalue weighted by molar-refractivity contribution is -0.130. The Morgan fingerprint density at radius 2 is 2.19 bits per heavy atom. The second-order valence-corrected chi connectivity index (χ2v) is 4.05. The first-order valence-electron chi connectivity index (χ1n) is 5.52. The molecule has 0 spiro atoms. The molecular weight excluding hydrogens is 200 g/mol. The van der Waals surface area contributed by atoms with Crippen molar-refractivity contribution in [3.8, 4) is 5.75 Å². The number of carbonyl (C=O) groups excluding carboxylic acids is 1. The van der Waals surface area contributed by atoms with Crippen LogP contribution in [0.5, 0.6) is 5.75 Å². The van der Waals surface area contributed by atoms with Crippen LogP contribution in [0.4, 0.5) is 0 Å². The first-order valence-corrected chi connectivity index (χ1v) is 5.52. The minimum atomic E-state index is -0.374. The van der Waals surface area contributed by atoms with Crippen molar-refractivity contribution < 1.29 is 9.53 Å². The summed E-state index contributed by atoms with van der Waals surface area (Å²) in [6.45, 7) is 9.48. The van der Waals surface area contributed by atoms with Crippen LogP contribution in [-0.2, 0) is 4.79 Å². The van der Waals surface area contributed by atoms with E-state index in [0.29, 0.717) is 17.2 Å². The SMILES string of the molecule is C=C(C)C(=O)Oc1cccc(C(C)CC)c1. The first-order chi connectivity index (χ1) is 7.54. The minimum Gasteiger partial charge on any atom is -0.423 e. The molecular formula is C14H18O2. The second kappa shape index (κ2) is 5.50. The molecule has 0 radical (unpaired) electrons. The number of carbonyl (C=O) groups is 1. The van der Waals surface area contributed by atoms with E-state index in [0.717, 1.165) is 6.42 Å². The van der Waals surface area contributed by atoms with E-state index in [2.05, 4.69) is 20.4 Å². The highest BCUT2D eigenvalue weighted by Gasteiger charge is 2.07.